The molecule has 0 aliphatic heterocycles. The van der Waals surface area contributed by atoms with E-state index in [1.54, 1.807) is 26.8 Å². The van der Waals surface area contributed by atoms with Gasteiger partial charge in [0.15, 0.2) is 0 Å². The van der Waals surface area contributed by atoms with Gasteiger partial charge in [0.2, 0.25) is 0 Å². The van der Waals surface area contributed by atoms with Gasteiger partial charge in [-0.15, -0.1) is 0 Å². The summed E-state index contributed by atoms with van der Waals surface area (Å²) in [6.07, 6.45) is -3.18. The van der Waals surface area contributed by atoms with Gasteiger partial charge in [-0.3, -0.25) is 4.79 Å². The van der Waals surface area contributed by atoms with Gasteiger partial charge in [-0.1, -0.05) is 15.9 Å². The first-order chi connectivity index (χ1) is 11.6. The summed E-state index contributed by atoms with van der Waals surface area (Å²) in [4.78, 5) is 23.3. The molecule has 25 heavy (non-hydrogen) atoms. The largest absolute Gasteiger partial charge is 0.492 e. The van der Waals surface area contributed by atoms with E-state index in [2.05, 4.69) is 26.6 Å². The van der Waals surface area contributed by atoms with E-state index in [1.165, 1.54) is 12.1 Å². The molecule has 0 aromatic heterocycles. The number of ether oxygens (including phenoxy) is 2. The summed E-state index contributed by atoms with van der Waals surface area (Å²) in [5.41, 5.74) is -0.402. The molecular formula is C16H21BrF2N2O4. The van der Waals surface area contributed by atoms with Crippen LogP contribution < -0.4 is 15.4 Å². The minimum atomic E-state index is -2.62. The Hall–Kier alpha value is -1.90. The number of amides is 2. The molecule has 0 fully saturated rings. The Bertz CT molecular complexity index is 606. The third kappa shape index (κ3) is 9.23. The van der Waals surface area contributed by atoms with Crippen molar-refractivity contribution in [1.82, 2.24) is 10.6 Å². The fraction of sp³-hybridized carbons (Fsp3) is 0.500. The van der Waals surface area contributed by atoms with Gasteiger partial charge in [-0.05, 0) is 39.0 Å². The van der Waals surface area contributed by atoms with E-state index >= 15 is 0 Å². The lowest BCUT2D eigenvalue weighted by atomic mass is 10.2. The predicted octanol–water partition coefficient (Wildman–Crippen LogP) is 3.35. The first-order valence-corrected chi connectivity index (χ1v) is 8.33. The number of rotatable bonds is 7. The van der Waals surface area contributed by atoms with Gasteiger partial charge in [-0.25, -0.2) is 13.6 Å². The summed E-state index contributed by atoms with van der Waals surface area (Å²) in [5, 5.41) is 4.65. The van der Waals surface area contributed by atoms with Crippen LogP contribution in [0.3, 0.4) is 0 Å². The number of nitrogens with one attached hydrogen (secondary N) is 2. The van der Waals surface area contributed by atoms with Gasteiger partial charge in [0.1, 0.15) is 18.0 Å². The van der Waals surface area contributed by atoms with E-state index in [0.29, 0.717) is 10.2 Å². The van der Waals surface area contributed by atoms with Crippen LogP contribution in [0, 0.1) is 0 Å². The zero-order valence-corrected chi connectivity index (χ0v) is 15.8. The molecule has 140 valence electrons. The van der Waals surface area contributed by atoms with Crippen LogP contribution in [0.15, 0.2) is 22.7 Å². The van der Waals surface area contributed by atoms with Gasteiger partial charge in [0, 0.05) is 10.0 Å². The van der Waals surface area contributed by atoms with Crippen LogP contribution in [0.1, 0.15) is 31.1 Å². The van der Waals surface area contributed by atoms with Crippen molar-refractivity contribution in [2.24, 2.45) is 0 Å². The molecule has 2 amide bonds. The van der Waals surface area contributed by atoms with Crippen molar-refractivity contribution < 1.29 is 27.8 Å². The fourth-order valence-corrected chi connectivity index (χ4v) is 2.16. The highest BCUT2D eigenvalue weighted by atomic mass is 79.9. The maximum atomic E-state index is 12.1. The van der Waals surface area contributed by atoms with Crippen LogP contribution >= 0.6 is 15.9 Å². The van der Waals surface area contributed by atoms with E-state index in [-0.39, 0.29) is 18.7 Å². The standard InChI is InChI=1S/C16H21BrF2N2O4/c1-16(2,3)25-15(23)20-4-5-24-12-7-10(6-11(17)8-12)14(22)21-9-13(18)19/h6-8,13H,4-5,9H2,1-3H3,(H,20,23)(H,21,22). The number of carbonyl (C=O) groups is 2. The molecule has 0 heterocycles. The molecule has 1 rings (SSSR count). The van der Waals surface area contributed by atoms with Crippen molar-refractivity contribution in [3.05, 3.63) is 28.2 Å². The van der Waals surface area contributed by atoms with Crippen molar-refractivity contribution in [3.8, 4) is 5.75 Å². The van der Waals surface area contributed by atoms with Gasteiger partial charge in [0.05, 0.1) is 13.1 Å². The summed E-state index contributed by atoms with van der Waals surface area (Å²) in [6.45, 7) is 4.89. The average molecular weight is 423 g/mol. The molecule has 0 atom stereocenters. The molecule has 0 aliphatic carbocycles. The number of benzene rings is 1. The maximum absolute atomic E-state index is 12.1. The number of alkyl halides is 2. The lowest BCUT2D eigenvalue weighted by Gasteiger charge is -2.19. The number of carbonyl (C=O) groups excluding carboxylic acids is 2. The van der Waals surface area contributed by atoms with E-state index in [4.69, 9.17) is 9.47 Å². The van der Waals surface area contributed by atoms with Crippen molar-refractivity contribution in [1.29, 1.82) is 0 Å². The fourth-order valence-electron chi connectivity index (χ4n) is 1.69. The smallest absolute Gasteiger partial charge is 0.407 e. The van der Waals surface area contributed by atoms with Crippen molar-refractivity contribution in [2.45, 2.75) is 32.8 Å². The lowest BCUT2D eigenvalue weighted by molar-refractivity contribution is 0.0520. The molecule has 1 aromatic carbocycles. The minimum absolute atomic E-state index is 0.147. The first-order valence-electron chi connectivity index (χ1n) is 7.53. The minimum Gasteiger partial charge on any atom is -0.492 e. The molecule has 0 saturated heterocycles. The summed E-state index contributed by atoms with van der Waals surface area (Å²) < 4.78 is 35.4. The highest BCUT2D eigenvalue weighted by molar-refractivity contribution is 9.10. The van der Waals surface area contributed by atoms with E-state index in [9.17, 15) is 18.4 Å². The highest BCUT2D eigenvalue weighted by Gasteiger charge is 2.15. The van der Waals surface area contributed by atoms with Crippen LogP contribution in [0.25, 0.3) is 0 Å². The molecule has 0 radical (unpaired) electrons. The Balaban J connectivity index is 2.51. The first kappa shape index (κ1) is 21.1. The van der Waals surface area contributed by atoms with Gasteiger partial charge < -0.3 is 20.1 Å². The van der Waals surface area contributed by atoms with Crippen molar-refractivity contribution in [3.63, 3.8) is 0 Å². The Kier molecular flexibility index (Phi) is 8.08. The van der Waals surface area contributed by atoms with Crippen LogP contribution in [0.5, 0.6) is 5.75 Å². The van der Waals surface area contributed by atoms with E-state index < -0.39 is 30.6 Å². The van der Waals surface area contributed by atoms with Crippen molar-refractivity contribution >= 4 is 27.9 Å². The lowest BCUT2D eigenvalue weighted by Crippen LogP contribution is -2.34. The third-order valence-electron chi connectivity index (χ3n) is 2.59. The number of alkyl carbamates (subject to hydrolysis) is 1. The van der Waals surface area contributed by atoms with Gasteiger partial charge in [0.25, 0.3) is 12.3 Å². The van der Waals surface area contributed by atoms with Crippen LogP contribution in [0.4, 0.5) is 13.6 Å². The molecular weight excluding hydrogens is 402 g/mol. The molecule has 0 saturated carbocycles. The monoisotopic (exact) mass is 422 g/mol. The van der Waals surface area contributed by atoms with Crippen LogP contribution in [-0.2, 0) is 4.74 Å². The molecule has 0 aliphatic rings. The Morgan fingerprint density at radius 2 is 1.88 bits per heavy atom. The number of halogens is 3. The zero-order chi connectivity index (χ0) is 19.0. The molecule has 6 nitrogen and oxygen atoms in total. The molecule has 0 unspecified atom stereocenters. The van der Waals surface area contributed by atoms with E-state index in [0.717, 1.165) is 0 Å². The van der Waals surface area contributed by atoms with Crippen LogP contribution in [-0.4, -0.2) is 43.7 Å². The SMILES string of the molecule is CC(C)(C)OC(=O)NCCOc1cc(Br)cc(C(=O)NCC(F)F)c1. The molecule has 9 heteroatoms. The maximum Gasteiger partial charge on any atom is 0.407 e. The van der Waals surface area contributed by atoms with Crippen LogP contribution in [0.2, 0.25) is 0 Å². The van der Waals surface area contributed by atoms with Gasteiger partial charge in [-0.2, -0.15) is 0 Å². The Labute approximate surface area is 153 Å². The van der Waals surface area contributed by atoms with Gasteiger partial charge >= 0.3 is 6.09 Å². The normalized spacial score (nSPS) is 11.2. The molecule has 2 N–H and O–H groups in total. The van der Waals surface area contributed by atoms with E-state index in [1.807, 2.05) is 0 Å². The van der Waals surface area contributed by atoms with Crippen molar-refractivity contribution in [2.75, 3.05) is 19.7 Å². The number of hydrogen-bond donors (Lipinski definition) is 2. The average Bonchev–Trinajstić information content (AvgIpc) is 2.47. The number of hydrogen-bond acceptors (Lipinski definition) is 4. The summed E-state index contributed by atoms with van der Waals surface area (Å²) in [5.74, 6) is -0.263. The zero-order valence-electron chi connectivity index (χ0n) is 14.2. The summed E-state index contributed by atoms with van der Waals surface area (Å²) in [7, 11) is 0. The third-order valence-corrected chi connectivity index (χ3v) is 3.05. The summed E-state index contributed by atoms with van der Waals surface area (Å²) >= 11 is 3.23. The Morgan fingerprint density at radius 1 is 1.20 bits per heavy atom. The molecule has 0 spiro atoms. The summed E-state index contributed by atoms with van der Waals surface area (Å²) in [6, 6.07) is 4.54. The predicted molar refractivity (Wildman–Crippen MR) is 92.2 cm³/mol. The topological polar surface area (TPSA) is 76.7 Å². The Morgan fingerprint density at radius 3 is 2.48 bits per heavy atom. The second-order valence-corrected chi connectivity index (χ2v) is 6.97. The quantitative estimate of drug-likeness (QED) is 0.660. The second-order valence-electron chi connectivity index (χ2n) is 6.05. The molecule has 1 aromatic rings. The molecule has 0 bridgehead atoms. The second kappa shape index (κ2) is 9.55. The highest BCUT2D eigenvalue weighted by Crippen LogP contribution is 2.21.